The fourth-order valence-electron chi connectivity index (χ4n) is 1.56. The highest BCUT2D eigenvalue weighted by Gasteiger charge is 2.14. The normalized spacial score (nSPS) is 11.8. The topological polar surface area (TPSA) is 75.4 Å². The molecule has 0 aromatic heterocycles. The Morgan fingerprint density at radius 2 is 2.00 bits per heavy atom. The van der Waals surface area contributed by atoms with Crippen LogP contribution in [-0.4, -0.2) is 36.9 Å². The van der Waals surface area contributed by atoms with Gasteiger partial charge in [0.25, 0.3) is 5.91 Å². The highest BCUT2D eigenvalue weighted by Crippen LogP contribution is 2.18. The van der Waals surface area contributed by atoms with Gasteiger partial charge in [0.2, 0.25) is 5.91 Å². The Morgan fingerprint density at radius 1 is 1.37 bits per heavy atom. The second-order valence-electron chi connectivity index (χ2n) is 4.73. The number of aryl methyl sites for hydroxylation is 1. The lowest BCUT2D eigenvalue weighted by atomic mass is 10.1. The van der Waals surface area contributed by atoms with E-state index in [1.165, 1.54) is 4.90 Å². The molecule has 0 heterocycles. The summed E-state index contributed by atoms with van der Waals surface area (Å²) in [5.74, 6) is -0.338. The number of nitrogens with one attached hydrogen (secondary N) is 1. The standard InChI is InChI=1S/C14H21N3O2/c1-5-11(15)13(18)16-12-8-10(7-6-9(12)2)14(19)17(3)4/h6-8,11H,5,15H2,1-4H3,(H,16,18)/t11-/m0/s1. The monoisotopic (exact) mass is 263 g/mol. The predicted octanol–water partition coefficient (Wildman–Crippen LogP) is 1.37. The molecule has 1 aromatic carbocycles. The maximum Gasteiger partial charge on any atom is 0.253 e. The molecule has 0 radical (unpaired) electrons. The van der Waals surface area contributed by atoms with Crippen molar-refractivity contribution in [3.05, 3.63) is 29.3 Å². The molecular formula is C14H21N3O2. The molecule has 0 fully saturated rings. The Morgan fingerprint density at radius 3 is 2.53 bits per heavy atom. The van der Waals surface area contributed by atoms with Gasteiger partial charge in [-0.1, -0.05) is 13.0 Å². The van der Waals surface area contributed by atoms with E-state index in [1.807, 2.05) is 19.9 Å². The van der Waals surface area contributed by atoms with Crippen LogP contribution in [-0.2, 0) is 4.79 Å². The number of benzene rings is 1. The van der Waals surface area contributed by atoms with E-state index < -0.39 is 6.04 Å². The lowest BCUT2D eigenvalue weighted by Gasteiger charge is -2.15. The Labute approximate surface area is 113 Å². The van der Waals surface area contributed by atoms with Crippen LogP contribution in [0.1, 0.15) is 29.3 Å². The number of amides is 2. The van der Waals surface area contributed by atoms with E-state index in [1.54, 1.807) is 26.2 Å². The van der Waals surface area contributed by atoms with Gasteiger partial charge in [0.1, 0.15) is 0 Å². The van der Waals surface area contributed by atoms with Crippen LogP contribution in [0.3, 0.4) is 0 Å². The molecule has 2 amide bonds. The number of hydrogen-bond donors (Lipinski definition) is 2. The third-order valence-corrected chi connectivity index (χ3v) is 2.93. The van der Waals surface area contributed by atoms with Gasteiger partial charge in [-0.15, -0.1) is 0 Å². The van der Waals surface area contributed by atoms with Crippen LogP contribution < -0.4 is 11.1 Å². The largest absolute Gasteiger partial charge is 0.345 e. The molecule has 0 aliphatic heterocycles. The molecule has 19 heavy (non-hydrogen) atoms. The second kappa shape index (κ2) is 6.33. The van der Waals surface area contributed by atoms with Crippen molar-refractivity contribution >= 4 is 17.5 Å². The highest BCUT2D eigenvalue weighted by molar-refractivity contribution is 5.98. The molecular weight excluding hydrogens is 242 g/mol. The van der Waals surface area contributed by atoms with Crippen molar-refractivity contribution < 1.29 is 9.59 Å². The van der Waals surface area contributed by atoms with Gasteiger partial charge in [-0.3, -0.25) is 9.59 Å². The summed E-state index contributed by atoms with van der Waals surface area (Å²) in [6.07, 6.45) is 0.571. The van der Waals surface area contributed by atoms with Crippen molar-refractivity contribution in [3.63, 3.8) is 0 Å². The van der Waals surface area contributed by atoms with Crippen LogP contribution in [0.2, 0.25) is 0 Å². The van der Waals surface area contributed by atoms with Gasteiger partial charge < -0.3 is 16.0 Å². The van der Waals surface area contributed by atoms with Crippen LogP contribution >= 0.6 is 0 Å². The van der Waals surface area contributed by atoms with Crippen molar-refractivity contribution in [2.45, 2.75) is 26.3 Å². The van der Waals surface area contributed by atoms with Gasteiger partial charge in [-0.05, 0) is 31.0 Å². The smallest absolute Gasteiger partial charge is 0.253 e. The molecule has 5 nitrogen and oxygen atoms in total. The summed E-state index contributed by atoms with van der Waals surface area (Å²) in [6, 6.07) is 4.70. The average Bonchev–Trinajstić information content (AvgIpc) is 2.39. The molecule has 0 saturated heterocycles. The molecule has 1 atom stereocenters. The molecule has 1 rings (SSSR count). The Hall–Kier alpha value is -1.88. The average molecular weight is 263 g/mol. The van der Waals surface area contributed by atoms with E-state index in [0.29, 0.717) is 17.7 Å². The number of rotatable bonds is 4. The number of carbonyl (C=O) groups excluding carboxylic acids is 2. The van der Waals surface area contributed by atoms with Gasteiger partial charge in [0.05, 0.1) is 6.04 Å². The van der Waals surface area contributed by atoms with Crippen LogP contribution in [0, 0.1) is 6.92 Å². The van der Waals surface area contributed by atoms with Crippen LogP contribution in [0.4, 0.5) is 5.69 Å². The van der Waals surface area contributed by atoms with E-state index in [9.17, 15) is 9.59 Å². The first-order valence-corrected chi connectivity index (χ1v) is 6.25. The quantitative estimate of drug-likeness (QED) is 0.861. The fraction of sp³-hybridized carbons (Fsp3) is 0.429. The number of anilines is 1. The van der Waals surface area contributed by atoms with Crippen LogP contribution in [0.15, 0.2) is 18.2 Å². The molecule has 0 saturated carbocycles. The van der Waals surface area contributed by atoms with Crippen molar-refractivity contribution in [3.8, 4) is 0 Å². The van der Waals surface area contributed by atoms with E-state index >= 15 is 0 Å². The maximum absolute atomic E-state index is 11.9. The summed E-state index contributed by atoms with van der Waals surface area (Å²) in [5, 5.41) is 2.76. The Kier molecular flexibility index (Phi) is 5.06. The van der Waals surface area contributed by atoms with Gasteiger partial charge in [-0.25, -0.2) is 0 Å². The highest BCUT2D eigenvalue weighted by atomic mass is 16.2. The minimum Gasteiger partial charge on any atom is -0.345 e. The van der Waals surface area contributed by atoms with Gasteiger partial charge in [0, 0.05) is 25.3 Å². The zero-order valence-electron chi connectivity index (χ0n) is 11.9. The zero-order chi connectivity index (χ0) is 14.6. The predicted molar refractivity (Wildman–Crippen MR) is 76.1 cm³/mol. The SMILES string of the molecule is CC[C@H](N)C(=O)Nc1cc(C(=O)N(C)C)ccc1C. The van der Waals surface area contributed by atoms with E-state index in [0.717, 1.165) is 5.56 Å². The third kappa shape index (κ3) is 3.79. The zero-order valence-corrected chi connectivity index (χ0v) is 11.9. The van der Waals surface area contributed by atoms with Gasteiger partial charge >= 0.3 is 0 Å². The molecule has 0 unspecified atom stereocenters. The first kappa shape index (κ1) is 15.2. The van der Waals surface area contributed by atoms with Crippen molar-refractivity contribution in [2.24, 2.45) is 5.73 Å². The van der Waals surface area contributed by atoms with Crippen molar-refractivity contribution in [1.82, 2.24) is 4.90 Å². The number of hydrogen-bond acceptors (Lipinski definition) is 3. The Bertz CT molecular complexity index is 484. The molecule has 0 aliphatic rings. The third-order valence-electron chi connectivity index (χ3n) is 2.93. The molecule has 1 aromatic rings. The molecule has 0 bridgehead atoms. The summed E-state index contributed by atoms with van der Waals surface area (Å²) in [5.41, 5.74) is 7.73. The summed E-state index contributed by atoms with van der Waals surface area (Å²) in [4.78, 5) is 25.1. The lowest BCUT2D eigenvalue weighted by Crippen LogP contribution is -2.35. The number of nitrogens with two attached hydrogens (primary N) is 1. The van der Waals surface area contributed by atoms with Crippen LogP contribution in [0.25, 0.3) is 0 Å². The number of nitrogens with zero attached hydrogens (tertiary/aromatic N) is 1. The molecule has 0 spiro atoms. The van der Waals surface area contributed by atoms with E-state index in [-0.39, 0.29) is 11.8 Å². The summed E-state index contributed by atoms with van der Waals surface area (Å²) < 4.78 is 0. The number of carbonyl (C=O) groups is 2. The lowest BCUT2D eigenvalue weighted by molar-refractivity contribution is -0.117. The molecule has 3 N–H and O–H groups in total. The van der Waals surface area contributed by atoms with E-state index in [4.69, 9.17) is 5.73 Å². The van der Waals surface area contributed by atoms with Crippen LogP contribution in [0.5, 0.6) is 0 Å². The maximum atomic E-state index is 11.9. The minimum atomic E-state index is -0.535. The van der Waals surface area contributed by atoms with Gasteiger partial charge in [0.15, 0.2) is 0 Å². The summed E-state index contributed by atoms with van der Waals surface area (Å²) in [6.45, 7) is 3.72. The first-order chi connectivity index (χ1) is 8.86. The summed E-state index contributed by atoms with van der Waals surface area (Å²) in [7, 11) is 3.38. The van der Waals surface area contributed by atoms with Crippen molar-refractivity contribution in [2.75, 3.05) is 19.4 Å². The molecule has 0 aliphatic carbocycles. The molecule has 5 heteroatoms. The van der Waals surface area contributed by atoms with E-state index in [2.05, 4.69) is 5.32 Å². The first-order valence-electron chi connectivity index (χ1n) is 6.25. The minimum absolute atomic E-state index is 0.102. The summed E-state index contributed by atoms with van der Waals surface area (Å²) >= 11 is 0. The van der Waals surface area contributed by atoms with Crippen molar-refractivity contribution in [1.29, 1.82) is 0 Å². The molecule has 104 valence electrons. The van der Waals surface area contributed by atoms with Gasteiger partial charge in [-0.2, -0.15) is 0 Å². The fourth-order valence-corrected chi connectivity index (χ4v) is 1.56. The Balaban J connectivity index is 2.98. The second-order valence-corrected chi connectivity index (χ2v) is 4.73.